The number of fused-ring (bicyclic) bond motifs is 2. The van der Waals surface area contributed by atoms with Crippen molar-refractivity contribution < 1.29 is 14.5 Å². The van der Waals surface area contributed by atoms with Gasteiger partial charge in [0, 0.05) is 22.2 Å². The smallest absolute Gasteiger partial charge is 0.256 e. The van der Waals surface area contributed by atoms with Crippen LogP contribution >= 0.6 is 11.6 Å². The summed E-state index contributed by atoms with van der Waals surface area (Å²) in [6, 6.07) is 10.7. The molecule has 4 rings (SSSR count). The van der Waals surface area contributed by atoms with Gasteiger partial charge in [0.05, 0.1) is 10.9 Å². The summed E-state index contributed by atoms with van der Waals surface area (Å²) >= 11 is 6.35. The number of hydrogen-bond donors (Lipinski definition) is 2. The summed E-state index contributed by atoms with van der Waals surface area (Å²) in [6.07, 6.45) is 1.61. The number of nitrogens with one attached hydrogen (secondary N) is 2. The minimum absolute atomic E-state index is 0.304. The Kier molecular flexibility index (Phi) is 4.80. The standard InChI is InChI=1S/C21H20ClN3O4/c1-3-10-29-17-9-8-13(11-15(17)22)18-12(2)24-21(19(18)25(27)28)14-6-4-5-7-16(14)23-20(21)26/h3-9,11-12,18-19,24H,1,10H2,2H3,(H,23,26)/t12-,18-,19+,21+/m0/s1. The third-order valence-electron chi connectivity index (χ3n) is 5.66. The highest BCUT2D eigenvalue weighted by atomic mass is 35.5. The maximum absolute atomic E-state index is 13.0. The fraction of sp³-hybridized carbons (Fsp3) is 0.286. The molecule has 4 atom stereocenters. The Bertz CT molecular complexity index is 1010. The fourth-order valence-electron chi connectivity index (χ4n) is 4.54. The van der Waals surface area contributed by atoms with Crippen molar-refractivity contribution in [1.82, 2.24) is 5.32 Å². The molecule has 8 heteroatoms. The van der Waals surface area contributed by atoms with E-state index in [1.807, 2.05) is 6.92 Å². The van der Waals surface area contributed by atoms with Crippen molar-refractivity contribution in [2.24, 2.45) is 0 Å². The molecule has 0 saturated carbocycles. The number of carbonyl (C=O) groups excluding carboxylic acids is 1. The minimum Gasteiger partial charge on any atom is -0.488 e. The molecule has 0 aliphatic carbocycles. The summed E-state index contributed by atoms with van der Waals surface area (Å²) in [5, 5.41) is 18.6. The molecule has 2 heterocycles. The number of benzene rings is 2. The predicted octanol–water partition coefficient (Wildman–Crippen LogP) is 3.47. The first-order valence-corrected chi connectivity index (χ1v) is 9.63. The van der Waals surface area contributed by atoms with E-state index in [4.69, 9.17) is 16.3 Å². The van der Waals surface area contributed by atoms with E-state index in [0.29, 0.717) is 34.2 Å². The number of carbonyl (C=O) groups is 1. The molecule has 150 valence electrons. The van der Waals surface area contributed by atoms with Crippen LogP contribution in [0.5, 0.6) is 5.75 Å². The molecule has 2 aliphatic rings. The summed E-state index contributed by atoms with van der Waals surface area (Å²) in [7, 11) is 0. The number of anilines is 1. The van der Waals surface area contributed by atoms with Crippen LogP contribution in [0.15, 0.2) is 55.1 Å². The van der Waals surface area contributed by atoms with E-state index >= 15 is 0 Å². The number of hydrogen-bond acceptors (Lipinski definition) is 5. The molecule has 29 heavy (non-hydrogen) atoms. The number of nitrogens with zero attached hydrogens (tertiary/aromatic N) is 1. The van der Waals surface area contributed by atoms with E-state index in [-0.39, 0.29) is 11.0 Å². The number of nitro groups is 1. The molecule has 1 amide bonds. The quantitative estimate of drug-likeness (QED) is 0.444. The highest BCUT2D eigenvalue weighted by Gasteiger charge is 2.67. The third-order valence-corrected chi connectivity index (χ3v) is 5.96. The predicted molar refractivity (Wildman–Crippen MR) is 110 cm³/mol. The summed E-state index contributed by atoms with van der Waals surface area (Å²) in [5.41, 5.74) is 0.431. The Labute approximate surface area is 172 Å². The second kappa shape index (κ2) is 7.17. The lowest BCUT2D eigenvalue weighted by Crippen LogP contribution is -2.54. The highest BCUT2D eigenvalue weighted by Crippen LogP contribution is 2.50. The molecule has 0 bridgehead atoms. The van der Waals surface area contributed by atoms with Gasteiger partial charge in [0.2, 0.25) is 0 Å². The number of amides is 1. The maximum Gasteiger partial charge on any atom is 0.256 e. The zero-order chi connectivity index (χ0) is 20.8. The number of para-hydroxylation sites is 1. The summed E-state index contributed by atoms with van der Waals surface area (Å²) < 4.78 is 5.50. The van der Waals surface area contributed by atoms with E-state index in [1.54, 1.807) is 48.5 Å². The SMILES string of the molecule is C=CCOc1ccc([C@@H]2[C@H](C)N[C@@]3(C(=O)Nc4ccccc43)[C@@H]2[N+](=O)[O-])cc1Cl. The van der Waals surface area contributed by atoms with Gasteiger partial charge in [-0.1, -0.05) is 48.5 Å². The van der Waals surface area contributed by atoms with E-state index < -0.39 is 23.4 Å². The Morgan fingerprint density at radius 3 is 2.79 bits per heavy atom. The van der Waals surface area contributed by atoms with Gasteiger partial charge in [0.15, 0.2) is 5.54 Å². The van der Waals surface area contributed by atoms with Gasteiger partial charge in [-0.25, -0.2) is 0 Å². The van der Waals surface area contributed by atoms with Gasteiger partial charge in [-0.15, -0.1) is 0 Å². The molecule has 0 radical (unpaired) electrons. The van der Waals surface area contributed by atoms with Crippen LogP contribution in [0.1, 0.15) is 24.0 Å². The molecule has 0 aromatic heterocycles. The molecule has 0 unspecified atom stereocenters. The van der Waals surface area contributed by atoms with Crippen LogP contribution in [0.25, 0.3) is 0 Å². The normalized spacial score (nSPS) is 27.5. The van der Waals surface area contributed by atoms with Crippen LogP contribution in [0.3, 0.4) is 0 Å². The number of ether oxygens (including phenoxy) is 1. The molecule has 1 fully saturated rings. The summed E-state index contributed by atoms with van der Waals surface area (Å²) in [5.74, 6) is -0.495. The third kappa shape index (κ3) is 2.89. The first-order valence-electron chi connectivity index (χ1n) is 9.25. The Morgan fingerprint density at radius 1 is 1.34 bits per heavy atom. The summed E-state index contributed by atoms with van der Waals surface area (Å²) in [4.78, 5) is 24.9. The van der Waals surface area contributed by atoms with Crippen LogP contribution in [-0.2, 0) is 10.3 Å². The average molecular weight is 414 g/mol. The lowest BCUT2D eigenvalue weighted by atomic mass is 9.78. The average Bonchev–Trinajstić information content (AvgIpc) is 3.15. The van der Waals surface area contributed by atoms with Crippen molar-refractivity contribution >= 4 is 23.2 Å². The van der Waals surface area contributed by atoms with Crippen LogP contribution < -0.4 is 15.4 Å². The number of halogens is 1. The van der Waals surface area contributed by atoms with Gasteiger partial charge >= 0.3 is 0 Å². The van der Waals surface area contributed by atoms with Gasteiger partial charge in [0.1, 0.15) is 12.4 Å². The Morgan fingerprint density at radius 2 is 2.10 bits per heavy atom. The number of rotatable bonds is 5. The van der Waals surface area contributed by atoms with Gasteiger partial charge in [-0.2, -0.15) is 0 Å². The van der Waals surface area contributed by atoms with Crippen molar-refractivity contribution in [3.8, 4) is 5.75 Å². The fourth-order valence-corrected chi connectivity index (χ4v) is 4.79. The first kappa shape index (κ1) is 19.4. The van der Waals surface area contributed by atoms with Gasteiger partial charge in [-0.05, 0) is 30.7 Å². The minimum atomic E-state index is -1.44. The highest BCUT2D eigenvalue weighted by molar-refractivity contribution is 6.32. The van der Waals surface area contributed by atoms with Crippen molar-refractivity contribution in [1.29, 1.82) is 0 Å². The van der Waals surface area contributed by atoms with Crippen LogP contribution in [-0.4, -0.2) is 29.5 Å². The lowest BCUT2D eigenvalue weighted by Gasteiger charge is -2.25. The molecule has 7 nitrogen and oxygen atoms in total. The van der Waals surface area contributed by atoms with Gasteiger partial charge in [0.25, 0.3) is 11.9 Å². The van der Waals surface area contributed by atoms with Crippen LogP contribution in [0, 0.1) is 10.1 Å². The zero-order valence-electron chi connectivity index (χ0n) is 15.7. The monoisotopic (exact) mass is 413 g/mol. The van der Waals surface area contributed by atoms with Crippen LogP contribution in [0.2, 0.25) is 5.02 Å². The molecule has 2 aromatic rings. The van der Waals surface area contributed by atoms with E-state index in [2.05, 4.69) is 17.2 Å². The Hall–Kier alpha value is -2.90. The maximum atomic E-state index is 13.0. The van der Waals surface area contributed by atoms with Crippen LogP contribution in [0.4, 0.5) is 5.69 Å². The molecular formula is C21H20ClN3O4. The molecule has 2 aromatic carbocycles. The Balaban J connectivity index is 1.80. The largest absolute Gasteiger partial charge is 0.488 e. The van der Waals surface area contributed by atoms with Crippen molar-refractivity contribution in [2.45, 2.75) is 30.5 Å². The van der Waals surface area contributed by atoms with E-state index in [9.17, 15) is 14.9 Å². The molecule has 1 saturated heterocycles. The van der Waals surface area contributed by atoms with Crippen molar-refractivity contribution in [2.75, 3.05) is 11.9 Å². The second-order valence-corrected chi connectivity index (χ2v) is 7.69. The second-order valence-electron chi connectivity index (χ2n) is 7.29. The molecule has 2 N–H and O–H groups in total. The molecule has 1 spiro atoms. The van der Waals surface area contributed by atoms with E-state index in [1.165, 1.54) is 0 Å². The lowest BCUT2D eigenvalue weighted by molar-refractivity contribution is -0.532. The van der Waals surface area contributed by atoms with Gasteiger partial charge < -0.3 is 10.1 Å². The van der Waals surface area contributed by atoms with Gasteiger partial charge in [-0.3, -0.25) is 20.2 Å². The van der Waals surface area contributed by atoms with Crippen molar-refractivity contribution in [3.63, 3.8) is 0 Å². The molecular weight excluding hydrogens is 394 g/mol. The van der Waals surface area contributed by atoms with Crippen molar-refractivity contribution in [3.05, 3.63) is 81.4 Å². The summed E-state index contributed by atoms with van der Waals surface area (Å²) in [6.45, 7) is 5.75. The first-order chi connectivity index (χ1) is 13.9. The topological polar surface area (TPSA) is 93.5 Å². The van der Waals surface area contributed by atoms with E-state index in [0.717, 1.165) is 0 Å². The molecule has 2 aliphatic heterocycles. The zero-order valence-corrected chi connectivity index (χ0v) is 16.5.